The van der Waals surface area contributed by atoms with Crippen molar-refractivity contribution >= 4 is 17.5 Å². The Morgan fingerprint density at radius 1 is 1.15 bits per heavy atom. The molecule has 1 aliphatic rings. The second-order valence-corrected chi connectivity index (χ2v) is 4.64. The minimum Gasteiger partial charge on any atom is -0.344 e. The van der Waals surface area contributed by atoms with Crippen LogP contribution in [0.15, 0.2) is 24.3 Å². The first-order chi connectivity index (χ1) is 9.36. The van der Waals surface area contributed by atoms with Gasteiger partial charge in [0.15, 0.2) is 0 Å². The first-order valence-electron chi connectivity index (χ1n) is 6.11. The van der Waals surface area contributed by atoms with Gasteiger partial charge in [-0.25, -0.2) is 0 Å². The van der Waals surface area contributed by atoms with Gasteiger partial charge in [0.05, 0.1) is 0 Å². The van der Waals surface area contributed by atoms with Crippen LogP contribution >= 0.6 is 0 Å². The molecule has 20 heavy (non-hydrogen) atoms. The van der Waals surface area contributed by atoms with E-state index in [0.717, 1.165) is 12.8 Å². The van der Waals surface area contributed by atoms with E-state index >= 15 is 0 Å². The van der Waals surface area contributed by atoms with Crippen molar-refractivity contribution < 1.29 is 22.8 Å². The fourth-order valence-electron chi connectivity index (χ4n) is 1.58. The molecule has 7 heteroatoms. The molecule has 0 atom stereocenters. The molecule has 108 valence electrons. The summed E-state index contributed by atoms with van der Waals surface area (Å²) in [5.41, 5.74) is 1.11. The Hall–Kier alpha value is -2.05. The number of hydrogen-bond acceptors (Lipinski definition) is 2. The van der Waals surface area contributed by atoms with Crippen molar-refractivity contribution in [2.75, 3.05) is 5.32 Å². The fraction of sp³-hybridized carbons (Fsp3) is 0.385. The third kappa shape index (κ3) is 3.97. The summed E-state index contributed by atoms with van der Waals surface area (Å²) in [5, 5.41) is 4.49. The second kappa shape index (κ2) is 5.52. The highest BCUT2D eigenvalue weighted by Gasteiger charge is 2.38. The zero-order valence-electron chi connectivity index (χ0n) is 10.5. The third-order valence-electron chi connectivity index (χ3n) is 2.88. The summed E-state index contributed by atoms with van der Waals surface area (Å²) in [5.74, 6) is -1.92. The molecule has 0 spiro atoms. The lowest BCUT2D eigenvalue weighted by Crippen LogP contribution is -2.36. The maximum Gasteiger partial charge on any atom is 0.471 e. The molecule has 0 aromatic heterocycles. The zero-order chi connectivity index (χ0) is 14.8. The highest BCUT2D eigenvalue weighted by atomic mass is 19.4. The second-order valence-electron chi connectivity index (χ2n) is 4.64. The summed E-state index contributed by atoms with van der Waals surface area (Å²) >= 11 is 0. The van der Waals surface area contributed by atoms with Gasteiger partial charge in [0, 0.05) is 18.2 Å². The summed E-state index contributed by atoms with van der Waals surface area (Å²) in [6.07, 6.45) is -3.08. The number of anilines is 1. The molecule has 0 heterocycles. The van der Waals surface area contributed by atoms with Crippen LogP contribution < -0.4 is 10.6 Å². The topological polar surface area (TPSA) is 58.2 Å². The number of nitrogens with one attached hydrogen (secondary N) is 2. The largest absolute Gasteiger partial charge is 0.471 e. The van der Waals surface area contributed by atoms with Crippen LogP contribution in [-0.2, 0) is 16.1 Å². The molecular weight excluding hydrogens is 273 g/mol. The van der Waals surface area contributed by atoms with E-state index in [9.17, 15) is 22.8 Å². The monoisotopic (exact) mass is 286 g/mol. The first-order valence-corrected chi connectivity index (χ1v) is 6.11. The Labute approximate surface area is 113 Å². The summed E-state index contributed by atoms with van der Waals surface area (Å²) in [6.45, 7) is -0.213. The zero-order valence-corrected chi connectivity index (χ0v) is 10.5. The maximum atomic E-state index is 12.0. The number of hydrogen-bond donors (Lipinski definition) is 2. The molecule has 0 saturated heterocycles. The Kier molecular flexibility index (Phi) is 3.96. The number of carbonyl (C=O) groups is 2. The van der Waals surface area contributed by atoms with Gasteiger partial charge in [-0.3, -0.25) is 9.59 Å². The van der Waals surface area contributed by atoms with Crippen LogP contribution in [0.25, 0.3) is 0 Å². The van der Waals surface area contributed by atoms with E-state index in [-0.39, 0.29) is 18.4 Å². The Morgan fingerprint density at radius 3 is 2.25 bits per heavy atom. The van der Waals surface area contributed by atoms with Crippen molar-refractivity contribution in [1.82, 2.24) is 5.32 Å². The molecule has 1 aromatic carbocycles. The Balaban J connectivity index is 1.85. The molecule has 0 radical (unpaired) electrons. The lowest BCUT2D eigenvalue weighted by Gasteiger charge is -2.09. The van der Waals surface area contributed by atoms with Gasteiger partial charge in [-0.05, 0) is 30.5 Å². The molecular formula is C13H13F3N2O2. The van der Waals surface area contributed by atoms with E-state index in [0.29, 0.717) is 11.3 Å². The molecule has 0 bridgehead atoms. The van der Waals surface area contributed by atoms with Gasteiger partial charge in [-0.2, -0.15) is 13.2 Å². The molecule has 2 amide bonds. The van der Waals surface area contributed by atoms with Crippen molar-refractivity contribution in [3.05, 3.63) is 29.8 Å². The number of alkyl halides is 3. The van der Waals surface area contributed by atoms with Gasteiger partial charge in [0.2, 0.25) is 5.91 Å². The third-order valence-corrected chi connectivity index (χ3v) is 2.88. The van der Waals surface area contributed by atoms with Crippen LogP contribution in [0.3, 0.4) is 0 Å². The molecule has 2 N–H and O–H groups in total. The van der Waals surface area contributed by atoms with E-state index in [1.165, 1.54) is 0 Å². The van der Waals surface area contributed by atoms with Gasteiger partial charge < -0.3 is 10.6 Å². The van der Waals surface area contributed by atoms with Gasteiger partial charge in [0.25, 0.3) is 0 Å². The van der Waals surface area contributed by atoms with Crippen LogP contribution in [0.5, 0.6) is 0 Å². The molecule has 1 aromatic rings. The average Bonchev–Trinajstić information content (AvgIpc) is 3.20. The predicted octanol–water partition coefficient (Wildman–Crippen LogP) is 2.21. The fourth-order valence-corrected chi connectivity index (χ4v) is 1.58. The molecule has 1 saturated carbocycles. The van der Waals surface area contributed by atoms with Crippen molar-refractivity contribution in [3.8, 4) is 0 Å². The molecule has 1 aliphatic carbocycles. The van der Waals surface area contributed by atoms with E-state index < -0.39 is 12.1 Å². The summed E-state index contributed by atoms with van der Waals surface area (Å²) in [4.78, 5) is 22.1. The number of carbonyl (C=O) groups excluding carboxylic acids is 2. The normalized spacial score (nSPS) is 14.8. The molecule has 2 rings (SSSR count). The van der Waals surface area contributed by atoms with Crippen LogP contribution in [0, 0.1) is 5.92 Å². The predicted molar refractivity (Wildman–Crippen MR) is 65.7 cm³/mol. The molecule has 4 nitrogen and oxygen atoms in total. The number of halogens is 3. The molecule has 1 fully saturated rings. The number of amides is 2. The summed E-state index contributed by atoms with van der Waals surface area (Å²) < 4.78 is 35.9. The van der Waals surface area contributed by atoms with Crippen molar-refractivity contribution in [2.24, 2.45) is 5.92 Å². The minimum absolute atomic E-state index is 0.0388. The number of benzene rings is 1. The summed E-state index contributed by atoms with van der Waals surface area (Å²) in [7, 11) is 0. The van der Waals surface area contributed by atoms with E-state index in [1.807, 2.05) is 0 Å². The summed E-state index contributed by atoms with van der Waals surface area (Å²) in [6, 6.07) is 6.29. The Morgan fingerprint density at radius 2 is 1.75 bits per heavy atom. The SMILES string of the molecule is O=C(Nc1ccc(CNC(=O)C(F)(F)F)cc1)C1CC1. The van der Waals surface area contributed by atoms with Gasteiger partial charge >= 0.3 is 12.1 Å². The van der Waals surface area contributed by atoms with Crippen LogP contribution in [0.4, 0.5) is 18.9 Å². The van der Waals surface area contributed by atoms with Crippen LogP contribution in [0.1, 0.15) is 18.4 Å². The highest BCUT2D eigenvalue weighted by molar-refractivity contribution is 5.94. The van der Waals surface area contributed by atoms with Crippen molar-refractivity contribution in [3.63, 3.8) is 0 Å². The molecule has 0 aliphatic heterocycles. The quantitative estimate of drug-likeness (QED) is 0.891. The first kappa shape index (κ1) is 14.4. The van der Waals surface area contributed by atoms with Gasteiger partial charge in [-0.15, -0.1) is 0 Å². The van der Waals surface area contributed by atoms with Crippen molar-refractivity contribution in [2.45, 2.75) is 25.6 Å². The standard InChI is InChI=1S/C13H13F3N2O2/c14-13(15,16)12(20)17-7-8-1-5-10(6-2-8)18-11(19)9-3-4-9/h1-2,5-6,9H,3-4,7H2,(H,17,20)(H,18,19). The van der Waals surface area contributed by atoms with Gasteiger partial charge in [-0.1, -0.05) is 12.1 Å². The lowest BCUT2D eigenvalue weighted by molar-refractivity contribution is -0.173. The van der Waals surface area contributed by atoms with Crippen LogP contribution in [-0.4, -0.2) is 18.0 Å². The van der Waals surface area contributed by atoms with E-state index in [2.05, 4.69) is 5.32 Å². The van der Waals surface area contributed by atoms with E-state index in [4.69, 9.17) is 0 Å². The maximum absolute atomic E-state index is 12.0. The van der Waals surface area contributed by atoms with E-state index in [1.54, 1.807) is 29.6 Å². The average molecular weight is 286 g/mol. The molecule has 0 unspecified atom stereocenters. The van der Waals surface area contributed by atoms with Crippen LogP contribution in [0.2, 0.25) is 0 Å². The van der Waals surface area contributed by atoms with Gasteiger partial charge in [0.1, 0.15) is 0 Å². The Bertz CT molecular complexity index is 507. The minimum atomic E-state index is -4.88. The smallest absolute Gasteiger partial charge is 0.344 e. The lowest BCUT2D eigenvalue weighted by atomic mass is 10.2. The number of rotatable bonds is 4. The highest BCUT2D eigenvalue weighted by Crippen LogP contribution is 2.30. The van der Waals surface area contributed by atoms with Crippen molar-refractivity contribution in [1.29, 1.82) is 0 Å².